The Kier molecular flexibility index (Phi) is 4.75. The zero-order valence-electron chi connectivity index (χ0n) is 16.2. The average Bonchev–Trinajstić information content (AvgIpc) is 2.96. The summed E-state index contributed by atoms with van der Waals surface area (Å²) in [6.45, 7) is 4.49. The molecule has 0 bridgehead atoms. The molecule has 0 radical (unpaired) electrons. The van der Waals surface area contributed by atoms with Crippen molar-refractivity contribution in [2.45, 2.75) is 83.7 Å². The number of aromatic hydroxyl groups is 1. The maximum Gasteiger partial charge on any atom is 0.306 e. The molecule has 3 aliphatic rings. The second-order valence-corrected chi connectivity index (χ2v) is 9.00. The van der Waals surface area contributed by atoms with Crippen LogP contribution in [-0.4, -0.2) is 17.2 Å². The first-order chi connectivity index (χ1) is 12.5. The van der Waals surface area contributed by atoms with Crippen molar-refractivity contribution < 1.29 is 14.6 Å². The van der Waals surface area contributed by atoms with E-state index in [2.05, 4.69) is 19.9 Å². The molecule has 3 aliphatic carbocycles. The van der Waals surface area contributed by atoms with Gasteiger partial charge in [0, 0.05) is 11.8 Å². The number of carbonyl (C=O) groups excluding carboxylic acids is 1. The number of fused-ring (bicyclic) bond motifs is 5. The van der Waals surface area contributed by atoms with Crippen LogP contribution in [0.1, 0.15) is 82.3 Å². The van der Waals surface area contributed by atoms with E-state index in [1.54, 1.807) is 0 Å². The van der Waals surface area contributed by atoms with Crippen LogP contribution in [0.3, 0.4) is 0 Å². The molecular weight excluding hydrogens is 324 g/mol. The Bertz CT molecular complexity index is 682. The lowest BCUT2D eigenvalue weighted by Gasteiger charge is -2.50. The van der Waals surface area contributed by atoms with E-state index in [4.69, 9.17) is 4.74 Å². The largest absolute Gasteiger partial charge is 0.508 e. The van der Waals surface area contributed by atoms with E-state index in [-0.39, 0.29) is 17.5 Å². The topological polar surface area (TPSA) is 46.5 Å². The third-order valence-electron chi connectivity index (χ3n) is 7.63. The summed E-state index contributed by atoms with van der Waals surface area (Å²) < 4.78 is 5.98. The minimum absolute atomic E-state index is 0.00492. The van der Waals surface area contributed by atoms with Crippen molar-refractivity contribution in [2.75, 3.05) is 0 Å². The molecule has 1 aromatic carbocycles. The van der Waals surface area contributed by atoms with Gasteiger partial charge in [0.15, 0.2) is 0 Å². The third kappa shape index (κ3) is 2.93. The summed E-state index contributed by atoms with van der Waals surface area (Å²) in [6.07, 6.45) is 9.47. The van der Waals surface area contributed by atoms with Gasteiger partial charge in [-0.1, -0.05) is 26.3 Å². The summed E-state index contributed by atoms with van der Waals surface area (Å²) in [7, 11) is 0. The molecule has 0 unspecified atom stereocenters. The number of benzene rings is 1. The van der Waals surface area contributed by atoms with E-state index in [0.29, 0.717) is 29.9 Å². The van der Waals surface area contributed by atoms with Gasteiger partial charge < -0.3 is 9.84 Å². The maximum absolute atomic E-state index is 12.2. The summed E-state index contributed by atoms with van der Waals surface area (Å²) in [5.74, 6) is 2.37. The van der Waals surface area contributed by atoms with Gasteiger partial charge >= 0.3 is 5.97 Å². The number of rotatable bonds is 4. The van der Waals surface area contributed by atoms with Crippen molar-refractivity contribution in [1.29, 1.82) is 0 Å². The second kappa shape index (κ2) is 6.90. The summed E-state index contributed by atoms with van der Waals surface area (Å²) in [6, 6.07) is 5.97. The number of aryl methyl sites for hydroxylation is 1. The van der Waals surface area contributed by atoms with Crippen LogP contribution in [0, 0.1) is 17.3 Å². The van der Waals surface area contributed by atoms with E-state index in [0.717, 1.165) is 32.1 Å². The van der Waals surface area contributed by atoms with Gasteiger partial charge in [0.2, 0.25) is 0 Å². The Hall–Kier alpha value is -1.51. The lowest BCUT2D eigenvalue weighted by Crippen LogP contribution is -2.45. The quantitative estimate of drug-likeness (QED) is 0.740. The Balaban J connectivity index is 1.51. The zero-order valence-corrected chi connectivity index (χ0v) is 16.2. The summed E-state index contributed by atoms with van der Waals surface area (Å²) in [5.41, 5.74) is 2.96. The number of esters is 1. The fourth-order valence-corrected chi connectivity index (χ4v) is 6.25. The van der Waals surface area contributed by atoms with Gasteiger partial charge in [0.25, 0.3) is 0 Å². The summed E-state index contributed by atoms with van der Waals surface area (Å²) >= 11 is 0. The first-order valence-electron chi connectivity index (χ1n) is 10.5. The van der Waals surface area contributed by atoms with Crippen LogP contribution >= 0.6 is 0 Å². The first-order valence-corrected chi connectivity index (χ1v) is 10.5. The van der Waals surface area contributed by atoms with Gasteiger partial charge in [-0.15, -0.1) is 0 Å². The molecule has 1 N–H and O–H groups in total. The van der Waals surface area contributed by atoms with Crippen LogP contribution in [0.25, 0.3) is 0 Å². The van der Waals surface area contributed by atoms with E-state index < -0.39 is 0 Å². The van der Waals surface area contributed by atoms with Crippen molar-refractivity contribution in [2.24, 2.45) is 17.3 Å². The highest BCUT2D eigenvalue weighted by Crippen LogP contribution is 2.61. The van der Waals surface area contributed by atoms with Crippen LogP contribution in [0.2, 0.25) is 0 Å². The van der Waals surface area contributed by atoms with Crippen LogP contribution in [-0.2, 0) is 16.0 Å². The molecule has 0 spiro atoms. The molecule has 1 aromatic rings. The minimum Gasteiger partial charge on any atom is -0.508 e. The van der Waals surface area contributed by atoms with Crippen LogP contribution < -0.4 is 0 Å². The van der Waals surface area contributed by atoms with Crippen molar-refractivity contribution in [3.63, 3.8) is 0 Å². The first kappa shape index (κ1) is 17.9. The van der Waals surface area contributed by atoms with Gasteiger partial charge in [0.1, 0.15) is 11.9 Å². The highest BCUT2D eigenvalue weighted by atomic mass is 16.5. The number of phenolic OH excluding ortho intramolecular Hbond substituents is 1. The Labute approximate surface area is 157 Å². The van der Waals surface area contributed by atoms with Gasteiger partial charge in [-0.05, 0) is 86.0 Å². The van der Waals surface area contributed by atoms with Gasteiger partial charge in [0.05, 0.1) is 0 Å². The highest BCUT2D eigenvalue weighted by molar-refractivity contribution is 5.69. The fraction of sp³-hybridized carbons (Fsp3) is 0.696. The molecule has 0 heterocycles. The number of phenols is 1. The van der Waals surface area contributed by atoms with Gasteiger partial charge in [-0.25, -0.2) is 0 Å². The molecule has 0 amide bonds. The summed E-state index contributed by atoms with van der Waals surface area (Å²) in [4.78, 5) is 12.2. The van der Waals surface area contributed by atoms with E-state index in [9.17, 15) is 9.90 Å². The SMILES string of the molecule is CCCCC(=O)O[C@H]1CC[C@@H]2[C@H]3CCc4cc(O)ccc4[C@H]3CC[C@]12C. The smallest absolute Gasteiger partial charge is 0.306 e. The van der Waals surface area contributed by atoms with Gasteiger partial charge in [-0.3, -0.25) is 4.79 Å². The molecule has 0 aromatic heterocycles. The van der Waals surface area contributed by atoms with Crippen molar-refractivity contribution in [3.05, 3.63) is 29.3 Å². The molecule has 3 heteroatoms. The Morgan fingerprint density at radius 3 is 2.92 bits per heavy atom. The standard InChI is InChI=1S/C23H32O3/c1-3-4-5-22(25)26-21-11-10-20-19-8-6-15-14-16(24)7-9-17(15)18(19)12-13-23(20,21)2/h7,9,14,18-21,24H,3-6,8,10-13H2,1-2H3/t18-,19+,20-,21+,23+/m1/s1. The molecule has 26 heavy (non-hydrogen) atoms. The van der Waals surface area contributed by atoms with E-state index >= 15 is 0 Å². The Morgan fingerprint density at radius 1 is 1.27 bits per heavy atom. The molecule has 3 nitrogen and oxygen atoms in total. The van der Waals surface area contributed by atoms with E-state index in [1.165, 1.54) is 30.4 Å². The molecule has 142 valence electrons. The van der Waals surface area contributed by atoms with Gasteiger partial charge in [-0.2, -0.15) is 0 Å². The lowest BCUT2D eigenvalue weighted by molar-refractivity contribution is -0.157. The number of ether oxygens (including phenoxy) is 1. The minimum atomic E-state index is 0.00492. The number of hydrogen-bond donors (Lipinski definition) is 1. The summed E-state index contributed by atoms with van der Waals surface area (Å²) in [5, 5.41) is 9.81. The Morgan fingerprint density at radius 2 is 2.12 bits per heavy atom. The molecule has 0 saturated heterocycles. The fourth-order valence-electron chi connectivity index (χ4n) is 6.25. The number of hydrogen-bond acceptors (Lipinski definition) is 3. The van der Waals surface area contributed by atoms with Crippen LogP contribution in [0.5, 0.6) is 5.75 Å². The van der Waals surface area contributed by atoms with Crippen molar-refractivity contribution in [3.8, 4) is 5.75 Å². The molecule has 0 aliphatic heterocycles. The zero-order chi connectivity index (χ0) is 18.3. The lowest BCUT2D eigenvalue weighted by atomic mass is 9.55. The molecule has 2 saturated carbocycles. The van der Waals surface area contributed by atoms with E-state index in [1.807, 2.05) is 12.1 Å². The molecule has 2 fully saturated rings. The van der Waals surface area contributed by atoms with Crippen LogP contribution in [0.4, 0.5) is 0 Å². The molecular formula is C23H32O3. The molecule has 5 atom stereocenters. The monoisotopic (exact) mass is 356 g/mol. The van der Waals surface area contributed by atoms with Crippen LogP contribution in [0.15, 0.2) is 18.2 Å². The highest BCUT2D eigenvalue weighted by Gasteiger charge is 2.56. The maximum atomic E-state index is 12.2. The average molecular weight is 357 g/mol. The second-order valence-electron chi connectivity index (χ2n) is 9.00. The predicted octanol–water partition coefficient (Wildman–Crippen LogP) is 5.35. The number of unbranched alkanes of at least 4 members (excludes halogenated alkanes) is 1. The van der Waals surface area contributed by atoms with Crippen molar-refractivity contribution in [1.82, 2.24) is 0 Å². The predicted molar refractivity (Wildman–Crippen MR) is 102 cm³/mol. The third-order valence-corrected chi connectivity index (χ3v) is 7.63. The molecule has 4 rings (SSSR count). The normalized spacial score (nSPS) is 35.3. The van der Waals surface area contributed by atoms with Crippen molar-refractivity contribution >= 4 is 5.97 Å². The number of carbonyl (C=O) groups is 1.